The van der Waals surface area contributed by atoms with E-state index in [1.54, 1.807) is 0 Å². The molecule has 0 spiro atoms. The molecule has 7 rings (SSSR count). The second-order valence-corrected chi connectivity index (χ2v) is 8.28. The van der Waals surface area contributed by atoms with Crippen molar-refractivity contribution in [3.63, 3.8) is 0 Å². The molecule has 0 unspecified atom stereocenters. The Kier molecular flexibility index (Phi) is 17.3. The van der Waals surface area contributed by atoms with E-state index in [1.807, 2.05) is 24.3 Å². The number of rotatable bonds is 2. The molecule has 0 nitrogen and oxygen atoms in total. The number of fused-ring (bicyclic) bond motifs is 2. The molecule has 194 valence electrons. The summed E-state index contributed by atoms with van der Waals surface area (Å²) in [5.41, 5.74) is 2.49. The van der Waals surface area contributed by atoms with Gasteiger partial charge in [-0.25, -0.2) is 12.2 Å². The fourth-order valence-corrected chi connectivity index (χ4v) is 3.77. The molecule has 0 heterocycles. The Hall–Kier alpha value is -3.09. The average Bonchev–Trinajstić information content (AvgIpc) is 3.74. The van der Waals surface area contributed by atoms with E-state index < -0.39 is 0 Å². The first kappa shape index (κ1) is 33.9. The molecule has 0 aromatic heterocycles. The van der Waals surface area contributed by atoms with Gasteiger partial charge in [0.15, 0.2) is 0 Å². The zero-order valence-electron chi connectivity index (χ0n) is 21.7. The Labute approximate surface area is 264 Å². The van der Waals surface area contributed by atoms with Crippen LogP contribution in [0.3, 0.4) is 0 Å². The van der Waals surface area contributed by atoms with E-state index in [0.29, 0.717) is 0 Å². The number of hydrogen-bond acceptors (Lipinski definition) is 0. The van der Waals surface area contributed by atoms with Gasteiger partial charge < -0.3 is 0 Å². The molecule has 0 saturated carbocycles. The first-order valence-electron chi connectivity index (χ1n) is 12.3. The fourth-order valence-electron chi connectivity index (χ4n) is 3.77. The van der Waals surface area contributed by atoms with Crippen LogP contribution in [0, 0.1) is 12.5 Å². The predicted octanol–water partition coefficient (Wildman–Crippen LogP) is 10.6. The van der Waals surface area contributed by atoms with Gasteiger partial charge in [0.2, 0.25) is 0 Å². The van der Waals surface area contributed by atoms with Gasteiger partial charge in [0.1, 0.15) is 0 Å². The van der Waals surface area contributed by atoms with E-state index in [-0.39, 0.29) is 51.0 Å². The summed E-state index contributed by atoms with van der Waals surface area (Å²) >= 11 is 0. The molecule has 6 aromatic rings. The SMILES string of the molecule is Cl.Cl.[C-]1=CC=CC1.[Zr+4].c1ccc([CH-]c2ccccc2)cc1.c1ccc2[cH-]ccc2c1.c1ccc2[cH-]ccc2c1. The van der Waals surface area contributed by atoms with Crippen molar-refractivity contribution < 1.29 is 26.2 Å². The molecule has 0 fully saturated rings. The van der Waals surface area contributed by atoms with Crippen molar-refractivity contribution in [2.24, 2.45) is 0 Å². The Morgan fingerprint density at radius 3 is 1.33 bits per heavy atom. The number of allylic oxidation sites excluding steroid dienone is 4. The normalized spacial score (nSPS) is 10.2. The van der Waals surface area contributed by atoms with Crippen LogP contribution in [0.4, 0.5) is 0 Å². The van der Waals surface area contributed by atoms with Crippen molar-refractivity contribution in [3.8, 4) is 0 Å². The molecule has 3 heteroatoms. The number of benzene rings is 4. The topological polar surface area (TPSA) is 0 Å². The zero-order chi connectivity index (χ0) is 24.7. The monoisotopic (exact) mass is 624 g/mol. The van der Waals surface area contributed by atoms with Crippen LogP contribution in [-0.2, 0) is 26.2 Å². The number of hydrogen-bond donors (Lipinski definition) is 0. The van der Waals surface area contributed by atoms with Crippen LogP contribution < -0.4 is 0 Å². The quantitative estimate of drug-likeness (QED) is 0.168. The number of halogens is 2. The smallest absolute Gasteiger partial charge is 0.273 e. The van der Waals surface area contributed by atoms with Gasteiger partial charge in [0, 0.05) is 0 Å². The summed E-state index contributed by atoms with van der Waals surface area (Å²) in [5.74, 6) is 0. The fraction of sp³-hybridized carbons (Fsp3) is 0.0278. The molecule has 0 aliphatic heterocycles. The van der Waals surface area contributed by atoms with Gasteiger partial charge in [-0.1, -0.05) is 48.5 Å². The maximum atomic E-state index is 2.99. The van der Waals surface area contributed by atoms with E-state index in [9.17, 15) is 0 Å². The summed E-state index contributed by atoms with van der Waals surface area (Å²) in [5, 5.41) is 5.32. The first-order valence-corrected chi connectivity index (χ1v) is 12.3. The third kappa shape index (κ3) is 12.1. The van der Waals surface area contributed by atoms with E-state index in [0.717, 1.165) is 6.42 Å². The van der Waals surface area contributed by atoms with Gasteiger partial charge in [-0.05, 0) is 0 Å². The van der Waals surface area contributed by atoms with E-state index in [2.05, 4.69) is 152 Å². The van der Waals surface area contributed by atoms with Crippen molar-refractivity contribution in [3.05, 3.63) is 187 Å². The van der Waals surface area contributed by atoms with Crippen molar-refractivity contribution in [1.82, 2.24) is 0 Å². The van der Waals surface area contributed by atoms with Crippen LogP contribution in [0.25, 0.3) is 21.5 Å². The summed E-state index contributed by atoms with van der Waals surface area (Å²) in [7, 11) is 0. The van der Waals surface area contributed by atoms with Crippen LogP contribution >= 0.6 is 24.8 Å². The third-order valence-corrected chi connectivity index (χ3v) is 5.61. The standard InChI is InChI=1S/C13H11.2C9H7.C5H5.2ClH.Zr/c1-3-7-12(8-4-1)11-13-9-5-2-6-10-13;2*1-2-5-9-7-3-6-8(9)4-1;1-2-4-5-3-1;;;/h1-11H;2*1-7H;1-3H,4H2;2*1H;/q4*-1;;;+4. The van der Waals surface area contributed by atoms with Gasteiger partial charge in [-0.15, -0.1) is 132 Å². The van der Waals surface area contributed by atoms with Gasteiger partial charge in [0.05, 0.1) is 0 Å². The Morgan fingerprint density at radius 2 is 0.974 bits per heavy atom. The third-order valence-electron chi connectivity index (χ3n) is 5.61. The molecular weight excluding hydrogens is 595 g/mol. The molecule has 0 bridgehead atoms. The summed E-state index contributed by atoms with van der Waals surface area (Å²) in [4.78, 5) is 0. The Morgan fingerprint density at radius 1 is 0.538 bits per heavy atom. The van der Waals surface area contributed by atoms with Gasteiger partial charge >= 0.3 is 26.2 Å². The van der Waals surface area contributed by atoms with Crippen molar-refractivity contribution in [2.75, 3.05) is 0 Å². The first-order chi connectivity index (χ1) is 17.9. The second kappa shape index (κ2) is 19.9. The van der Waals surface area contributed by atoms with Crippen LogP contribution in [0.5, 0.6) is 0 Å². The molecule has 0 atom stereocenters. The predicted molar refractivity (Wildman–Crippen MR) is 171 cm³/mol. The largest absolute Gasteiger partial charge is 4.00 e. The van der Waals surface area contributed by atoms with Gasteiger partial charge in [-0.3, -0.25) is 6.08 Å². The van der Waals surface area contributed by atoms with Crippen molar-refractivity contribution >= 4 is 46.4 Å². The maximum absolute atomic E-state index is 2.99. The summed E-state index contributed by atoms with van der Waals surface area (Å²) < 4.78 is 0. The molecule has 0 N–H and O–H groups in total. The summed E-state index contributed by atoms with van der Waals surface area (Å²) in [6, 6.07) is 50.0. The summed E-state index contributed by atoms with van der Waals surface area (Å²) in [6.45, 7) is 0. The molecule has 1 aliphatic rings. The molecule has 6 aromatic carbocycles. The molecule has 1 aliphatic carbocycles. The minimum Gasteiger partial charge on any atom is -0.273 e. The van der Waals surface area contributed by atoms with Crippen molar-refractivity contribution in [1.29, 1.82) is 0 Å². The average molecular weight is 627 g/mol. The van der Waals surface area contributed by atoms with Crippen LogP contribution in [0.1, 0.15) is 17.5 Å². The van der Waals surface area contributed by atoms with Crippen molar-refractivity contribution in [2.45, 2.75) is 6.42 Å². The summed E-state index contributed by atoms with van der Waals surface area (Å²) in [6.07, 6.45) is 12.2. The van der Waals surface area contributed by atoms with Crippen LogP contribution in [-0.4, -0.2) is 0 Å². The minimum atomic E-state index is 0. The Balaban J connectivity index is 0.000000264. The van der Waals surface area contributed by atoms with E-state index >= 15 is 0 Å². The molecular formula is C36H32Cl2Zr. The van der Waals surface area contributed by atoms with Crippen LogP contribution in [0.15, 0.2) is 164 Å². The second-order valence-electron chi connectivity index (χ2n) is 8.28. The Bertz CT molecular complexity index is 1300. The van der Waals surface area contributed by atoms with Gasteiger partial charge in [0.25, 0.3) is 0 Å². The van der Waals surface area contributed by atoms with E-state index in [4.69, 9.17) is 0 Å². The minimum absolute atomic E-state index is 0. The molecule has 0 radical (unpaired) electrons. The zero-order valence-corrected chi connectivity index (χ0v) is 25.8. The molecule has 39 heavy (non-hydrogen) atoms. The van der Waals surface area contributed by atoms with Gasteiger partial charge in [-0.2, -0.15) is 41.1 Å². The maximum Gasteiger partial charge on any atom is 4.00 e. The van der Waals surface area contributed by atoms with Crippen LogP contribution in [0.2, 0.25) is 0 Å². The molecule has 0 saturated heterocycles. The van der Waals surface area contributed by atoms with E-state index in [1.165, 1.54) is 32.7 Å². The molecule has 0 amide bonds.